The minimum Gasteiger partial charge on any atom is -0.322 e. The van der Waals surface area contributed by atoms with Crippen LogP contribution in [0.1, 0.15) is 31.7 Å². The predicted molar refractivity (Wildman–Crippen MR) is 122 cm³/mol. The molecular weight excluding hydrogens is 414 g/mol. The first-order chi connectivity index (χ1) is 14.8. The van der Waals surface area contributed by atoms with Crippen molar-refractivity contribution in [1.82, 2.24) is 28.9 Å². The molecule has 1 N–H and O–H groups in total. The van der Waals surface area contributed by atoms with E-state index in [1.807, 2.05) is 63.4 Å². The minimum atomic E-state index is -0.434. The number of thioether (sulfide) groups is 1. The fourth-order valence-corrected chi connectivity index (χ4v) is 4.48. The molecule has 0 aliphatic carbocycles. The van der Waals surface area contributed by atoms with E-state index >= 15 is 0 Å². The summed E-state index contributed by atoms with van der Waals surface area (Å²) in [6, 6.07) is 7.41. The highest BCUT2D eigenvalue weighted by Gasteiger charge is 2.23. The van der Waals surface area contributed by atoms with E-state index in [4.69, 9.17) is 0 Å². The Morgan fingerprint density at radius 1 is 1.23 bits per heavy atom. The molecule has 1 amide bonds. The summed E-state index contributed by atoms with van der Waals surface area (Å²) in [4.78, 5) is 25.8. The number of fused-ring (bicyclic) bond motifs is 3. The Hall–Kier alpha value is -3.14. The second-order valence-electron chi connectivity index (χ2n) is 7.51. The Balaban J connectivity index is 1.72. The average Bonchev–Trinajstić information content (AvgIpc) is 3.27. The van der Waals surface area contributed by atoms with E-state index in [-0.39, 0.29) is 11.5 Å². The van der Waals surface area contributed by atoms with Crippen LogP contribution >= 0.6 is 11.8 Å². The van der Waals surface area contributed by atoms with E-state index in [1.54, 1.807) is 9.25 Å². The lowest BCUT2D eigenvalue weighted by atomic mass is 10.2. The van der Waals surface area contributed by atoms with Gasteiger partial charge in [0, 0.05) is 13.6 Å². The molecular formula is C21H25N7O2S. The van der Waals surface area contributed by atoms with Crippen molar-refractivity contribution in [1.29, 1.82) is 0 Å². The molecule has 0 saturated carbocycles. The molecule has 3 aromatic heterocycles. The van der Waals surface area contributed by atoms with Crippen LogP contribution in [0.4, 0.5) is 5.69 Å². The normalized spacial score (nSPS) is 12.5. The van der Waals surface area contributed by atoms with E-state index in [0.717, 1.165) is 29.0 Å². The average molecular weight is 440 g/mol. The number of carbonyl (C=O) groups excluding carboxylic acids is 1. The van der Waals surface area contributed by atoms with Gasteiger partial charge in [-0.2, -0.15) is 5.10 Å². The molecule has 0 saturated heterocycles. The molecule has 0 aliphatic heterocycles. The summed E-state index contributed by atoms with van der Waals surface area (Å²) in [6.45, 7) is 8.17. The summed E-state index contributed by atoms with van der Waals surface area (Å²) in [5.74, 6) is 0.340. The van der Waals surface area contributed by atoms with Crippen LogP contribution in [0.2, 0.25) is 0 Å². The van der Waals surface area contributed by atoms with Gasteiger partial charge in [0.15, 0.2) is 5.16 Å². The molecule has 1 unspecified atom stereocenters. The van der Waals surface area contributed by atoms with E-state index in [1.165, 1.54) is 11.8 Å². The van der Waals surface area contributed by atoms with Crippen LogP contribution in [-0.4, -0.2) is 40.1 Å². The van der Waals surface area contributed by atoms with Crippen LogP contribution in [0.5, 0.6) is 0 Å². The Kier molecular flexibility index (Phi) is 5.57. The predicted octanol–water partition coefficient (Wildman–Crippen LogP) is 2.92. The summed E-state index contributed by atoms with van der Waals surface area (Å²) in [5, 5.41) is 16.7. The molecule has 0 aliphatic rings. The van der Waals surface area contributed by atoms with E-state index in [0.29, 0.717) is 22.9 Å². The number of hydrogen-bond acceptors (Lipinski definition) is 6. The highest BCUT2D eigenvalue weighted by atomic mass is 32.2. The van der Waals surface area contributed by atoms with Crippen LogP contribution in [-0.2, 0) is 18.4 Å². The maximum Gasteiger partial charge on any atom is 0.262 e. The van der Waals surface area contributed by atoms with Crippen molar-refractivity contribution in [3.63, 3.8) is 0 Å². The van der Waals surface area contributed by atoms with Crippen molar-refractivity contribution < 1.29 is 4.79 Å². The van der Waals surface area contributed by atoms with Gasteiger partial charge in [-0.15, -0.1) is 10.2 Å². The number of aryl methyl sites for hydroxylation is 3. The third-order valence-electron chi connectivity index (χ3n) is 5.33. The molecule has 162 valence electrons. The van der Waals surface area contributed by atoms with Gasteiger partial charge in [-0.3, -0.25) is 23.2 Å². The zero-order valence-electron chi connectivity index (χ0n) is 18.2. The fourth-order valence-electron chi connectivity index (χ4n) is 3.63. The molecule has 1 atom stereocenters. The highest BCUT2D eigenvalue weighted by Crippen LogP contribution is 2.27. The van der Waals surface area contributed by atoms with Crippen LogP contribution in [0.25, 0.3) is 16.7 Å². The van der Waals surface area contributed by atoms with Crippen LogP contribution < -0.4 is 10.9 Å². The Morgan fingerprint density at radius 2 is 1.97 bits per heavy atom. The number of hydrogen-bond donors (Lipinski definition) is 1. The van der Waals surface area contributed by atoms with Gasteiger partial charge in [0.25, 0.3) is 5.56 Å². The van der Waals surface area contributed by atoms with Crippen molar-refractivity contribution >= 4 is 40.0 Å². The Morgan fingerprint density at radius 3 is 2.65 bits per heavy atom. The summed E-state index contributed by atoms with van der Waals surface area (Å²) in [7, 11) is 1.85. The van der Waals surface area contributed by atoms with Crippen LogP contribution in [0, 0.1) is 13.8 Å². The topological polar surface area (TPSA) is 99.1 Å². The monoisotopic (exact) mass is 439 g/mol. The second kappa shape index (κ2) is 8.18. The van der Waals surface area contributed by atoms with Crippen molar-refractivity contribution in [2.24, 2.45) is 7.05 Å². The van der Waals surface area contributed by atoms with Gasteiger partial charge in [-0.25, -0.2) is 0 Å². The quantitative estimate of drug-likeness (QED) is 0.464. The molecule has 3 heterocycles. The van der Waals surface area contributed by atoms with Gasteiger partial charge in [0.2, 0.25) is 11.7 Å². The van der Waals surface area contributed by atoms with Gasteiger partial charge in [-0.05, 0) is 39.3 Å². The zero-order chi connectivity index (χ0) is 22.3. The minimum absolute atomic E-state index is 0.0813. The molecule has 4 rings (SSSR count). The maximum absolute atomic E-state index is 12.9. The largest absolute Gasteiger partial charge is 0.322 e. The third-order valence-corrected chi connectivity index (χ3v) is 6.38. The molecule has 1 aromatic carbocycles. The first kappa shape index (κ1) is 21.1. The van der Waals surface area contributed by atoms with Crippen molar-refractivity contribution in [3.8, 4) is 0 Å². The van der Waals surface area contributed by atoms with E-state index in [9.17, 15) is 9.59 Å². The third kappa shape index (κ3) is 3.60. The highest BCUT2D eigenvalue weighted by molar-refractivity contribution is 8.00. The van der Waals surface area contributed by atoms with Crippen molar-refractivity contribution in [2.45, 2.75) is 51.1 Å². The number of para-hydroxylation sites is 1. The summed E-state index contributed by atoms with van der Waals surface area (Å²) >= 11 is 1.31. The van der Waals surface area contributed by atoms with E-state index < -0.39 is 5.25 Å². The number of aromatic nitrogens is 6. The lowest BCUT2D eigenvalue weighted by Gasteiger charge is -2.13. The standard InChI is InChI=1S/C21H25N7O2S/c1-6-11-27-19(30)15-9-7-8-10-16(15)28-20(27)23-24-21(28)31-14(4)18(29)22-17-12(2)25-26(5)13(17)3/h7-10,14H,6,11H2,1-5H3,(H,22,29). The zero-order valence-corrected chi connectivity index (χ0v) is 19.0. The lowest BCUT2D eigenvalue weighted by Crippen LogP contribution is -2.24. The fraction of sp³-hybridized carbons (Fsp3) is 0.381. The Bertz CT molecular complexity index is 1350. The molecule has 0 radical (unpaired) electrons. The van der Waals surface area contributed by atoms with E-state index in [2.05, 4.69) is 20.6 Å². The summed E-state index contributed by atoms with van der Waals surface area (Å²) < 4.78 is 5.25. The summed E-state index contributed by atoms with van der Waals surface area (Å²) in [5.41, 5.74) is 3.04. The first-order valence-electron chi connectivity index (χ1n) is 10.2. The van der Waals surface area contributed by atoms with Gasteiger partial charge >= 0.3 is 0 Å². The number of benzene rings is 1. The van der Waals surface area contributed by atoms with Gasteiger partial charge in [0.05, 0.1) is 33.2 Å². The van der Waals surface area contributed by atoms with Crippen molar-refractivity contribution in [3.05, 3.63) is 46.0 Å². The smallest absolute Gasteiger partial charge is 0.262 e. The molecule has 4 aromatic rings. The number of nitrogens with zero attached hydrogens (tertiary/aromatic N) is 6. The number of amides is 1. The number of carbonyl (C=O) groups is 1. The Labute approximate surface area is 183 Å². The van der Waals surface area contributed by atoms with Gasteiger partial charge in [-0.1, -0.05) is 30.8 Å². The van der Waals surface area contributed by atoms with Crippen LogP contribution in [0.15, 0.2) is 34.2 Å². The molecule has 10 heteroatoms. The summed E-state index contributed by atoms with van der Waals surface area (Å²) in [6.07, 6.45) is 0.797. The SMILES string of the molecule is CCCn1c(=O)c2ccccc2n2c(SC(C)C(=O)Nc3c(C)nn(C)c3C)nnc12. The first-order valence-corrected chi connectivity index (χ1v) is 11.1. The lowest BCUT2D eigenvalue weighted by molar-refractivity contribution is -0.115. The molecule has 0 fully saturated rings. The number of rotatable bonds is 6. The molecule has 0 bridgehead atoms. The van der Waals surface area contributed by atoms with Gasteiger partial charge < -0.3 is 5.32 Å². The molecule has 31 heavy (non-hydrogen) atoms. The molecule has 9 nitrogen and oxygen atoms in total. The maximum atomic E-state index is 12.9. The number of anilines is 1. The number of nitrogens with one attached hydrogen (secondary N) is 1. The second-order valence-corrected chi connectivity index (χ2v) is 8.82. The molecule has 0 spiro atoms. The van der Waals surface area contributed by atoms with Gasteiger partial charge in [0.1, 0.15) is 0 Å². The van der Waals surface area contributed by atoms with Crippen molar-refractivity contribution in [2.75, 3.05) is 5.32 Å². The van der Waals surface area contributed by atoms with Crippen LogP contribution in [0.3, 0.4) is 0 Å².